The van der Waals surface area contributed by atoms with Crippen LogP contribution >= 0.6 is 0 Å². The van der Waals surface area contributed by atoms with Crippen molar-refractivity contribution in [2.24, 2.45) is 0 Å². The van der Waals surface area contributed by atoms with Crippen LogP contribution in [0.15, 0.2) is 36.6 Å². The second-order valence-corrected chi connectivity index (χ2v) is 1.25. The molecule has 8 heavy (non-hydrogen) atoms. The third-order valence-electron chi connectivity index (χ3n) is 0.612. The van der Waals surface area contributed by atoms with Gasteiger partial charge in [0.25, 0.3) is 0 Å². The van der Waals surface area contributed by atoms with Crippen LogP contribution in [0.25, 0.3) is 0 Å². The molecule has 1 heteroatoms. The van der Waals surface area contributed by atoms with E-state index in [9.17, 15) is 0 Å². The first-order valence-electron chi connectivity index (χ1n) is 2.50. The third-order valence-corrected chi connectivity index (χ3v) is 0.612. The van der Waals surface area contributed by atoms with Gasteiger partial charge in [0.15, 0.2) is 0 Å². The highest BCUT2D eigenvalue weighted by atomic mass is 16.2. The van der Waals surface area contributed by atoms with Crippen molar-refractivity contribution in [2.75, 3.05) is 0 Å². The van der Waals surface area contributed by atoms with Gasteiger partial charge in [0, 0.05) is 0 Å². The van der Waals surface area contributed by atoms with Crippen molar-refractivity contribution >= 4 is 0 Å². The van der Waals surface area contributed by atoms with E-state index in [1.54, 1.807) is 12.2 Å². The highest BCUT2D eigenvalue weighted by Crippen LogP contribution is 1.76. The Morgan fingerprint density at radius 2 is 1.62 bits per heavy atom. The zero-order valence-electron chi connectivity index (χ0n) is 4.91. The summed E-state index contributed by atoms with van der Waals surface area (Å²) in [6, 6.07) is 0. The van der Waals surface area contributed by atoms with Crippen LogP contribution in [0.4, 0.5) is 0 Å². The highest BCUT2D eigenvalue weighted by molar-refractivity contribution is 5.08. The molecule has 0 saturated heterocycles. The molecular formula is C7H10O. The second-order valence-electron chi connectivity index (χ2n) is 1.25. The summed E-state index contributed by atoms with van der Waals surface area (Å²) in [5, 5.41) is 8.11. The van der Waals surface area contributed by atoms with Crippen molar-refractivity contribution in [3.05, 3.63) is 36.6 Å². The standard InChI is InChI=1S/C7H10O/c1-2-3-4-5-6-7-8/h2-8H,1H3. The zero-order valence-corrected chi connectivity index (χ0v) is 4.91. The Morgan fingerprint density at radius 3 is 2.12 bits per heavy atom. The number of aliphatic hydroxyl groups excluding tert-OH is 1. The van der Waals surface area contributed by atoms with Gasteiger partial charge < -0.3 is 5.11 Å². The Hall–Kier alpha value is -0.980. The molecule has 0 fully saturated rings. The molecule has 0 rings (SSSR count). The topological polar surface area (TPSA) is 20.2 Å². The maximum atomic E-state index is 8.11. The molecular weight excluding hydrogens is 100 g/mol. The quantitative estimate of drug-likeness (QED) is 0.426. The minimum Gasteiger partial charge on any atom is -0.516 e. The lowest BCUT2D eigenvalue weighted by Crippen LogP contribution is -1.48. The third kappa shape index (κ3) is 5.02. The van der Waals surface area contributed by atoms with Crippen molar-refractivity contribution in [3.63, 3.8) is 0 Å². The number of hydrogen-bond acceptors (Lipinski definition) is 1. The van der Waals surface area contributed by atoms with E-state index in [1.165, 1.54) is 0 Å². The zero-order chi connectivity index (χ0) is 6.24. The van der Waals surface area contributed by atoms with E-state index in [2.05, 4.69) is 0 Å². The van der Waals surface area contributed by atoms with E-state index in [0.717, 1.165) is 6.26 Å². The van der Waals surface area contributed by atoms with Crippen molar-refractivity contribution in [3.8, 4) is 0 Å². The molecule has 1 nitrogen and oxygen atoms in total. The maximum Gasteiger partial charge on any atom is 0.0791 e. The molecule has 0 aromatic heterocycles. The Kier molecular flexibility index (Phi) is 5.28. The average Bonchev–Trinajstić information content (AvgIpc) is 1.81. The van der Waals surface area contributed by atoms with Crippen LogP contribution in [0.2, 0.25) is 0 Å². The minimum absolute atomic E-state index is 1.00. The Balaban J connectivity index is 3.35. The van der Waals surface area contributed by atoms with Crippen LogP contribution in [0.1, 0.15) is 6.92 Å². The summed E-state index contributed by atoms with van der Waals surface area (Å²) < 4.78 is 0. The van der Waals surface area contributed by atoms with Gasteiger partial charge in [0.2, 0.25) is 0 Å². The molecule has 0 aliphatic carbocycles. The van der Waals surface area contributed by atoms with Gasteiger partial charge in [-0.05, 0) is 13.0 Å². The fraction of sp³-hybridized carbons (Fsp3) is 0.143. The molecule has 0 aromatic carbocycles. The molecule has 0 radical (unpaired) electrons. The van der Waals surface area contributed by atoms with Gasteiger partial charge in [-0.15, -0.1) is 0 Å². The van der Waals surface area contributed by atoms with Crippen molar-refractivity contribution in [1.29, 1.82) is 0 Å². The molecule has 0 amide bonds. The second kappa shape index (κ2) is 6.02. The number of rotatable bonds is 2. The van der Waals surface area contributed by atoms with E-state index in [0.29, 0.717) is 0 Å². The molecule has 0 saturated carbocycles. The molecule has 0 aromatic rings. The molecule has 0 unspecified atom stereocenters. The highest BCUT2D eigenvalue weighted by Gasteiger charge is 1.56. The van der Waals surface area contributed by atoms with E-state index < -0.39 is 0 Å². The van der Waals surface area contributed by atoms with Gasteiger partial charge in [-0.1, -0.05) is 24.3 Å². The number of allylic oxidation sites excluding steroid dienone is 5. The van der Waals surface area contributed by atoms with E-state index in [-0.39, 0.29) is 0 Å². The van der Waals surface area contributed by atoms with E-state index in [1.807, 2.05) is 25.2 Å². The van der Waals surface area contributed by atoms with Crippen molar-refractivity contribution in [1.82, 2.24) is 0 Å². The Morgan fingerprint density at radius 1 is 1.00 bits per heavy atom. The molecule has 0 aliphatic rings. The Labute approximate surface area is 49.7 Å². The molecule has 0 atom stereocenters. The van der Waals surface area contributed by atoms with Gasteiger partial charge in [0.05, 0.1) is 6.26 Å². The van der Waals surface area contributed by atoms with Crippen molar-refractivity contribution < 1.29 is 5.11 Å². The van der Waals surface area contributed by atoms with Crippen LogP contribution in [0, 0.1) is 0 Å². The monoisotopic (exact) mass is 110 g/mol. The molecule has 0 heterocycles. The first-order chi connectivity index (χ1) is 3.91. The summed E-state index contributed by atoms with van der Waals surface area (Å²) in [6.45, 7) is 1.94. The summed E-state index contributed by atoms with van der Waals surface area (Å²) in [5.41, 5.74) is 0. The Bertz CT molecular complexity index is 95.6. The predicted octanol–water partition coefficient (Wildman–Crippen LogP) is 2.19. The summed E-state index contributed by atoms with van der Waals surface area (Å²) >= 11 is 0. The van der Waals surface area contributed by atoms with Crippen LogP contribution in [-0.4, -0.2) is 5.11 Å². The van der Waals surface area contributed by atoms with Gasteiger partial charge in [-0.25, -0.2) is 0 Å². The van der Waals surface area contributed by atoms with E-state index in [4.69, 9.17) is 5.11 Å². The average molecular weight is 110 g/mol. The first-order valence-corrected chi connectivity index (χ1v) is 2.50. The largest absolute Gasteiger partial charge is 0.516 e. The lowest BCUT2D eigenvalue weighted by atomic mass is 10.4. The summed E-state index contributed by atoms with van der Waals surface area (Å²) in [7, 11) is 0. The molecule has 44 valence electrons. The lowest BCUT2D eigenvalue weighted by molar-refractivity contribution is 0.474. The summed E-state index contributed by atoms with van der Waals surface area (Å²) in [4.78, 5) is 0. The predicted molar refractivity (Wildman–Crippen MR) is 35.7 cm³/mol. The van der Waals surface area contributed by atoms with Crippen LogP contribution in [0.5, 0.6) is 0 Å². The van der Waals surface area contributed by atoms with Gasteiger partial charge in [-0.3, -0.25) is 0 Å². The fourth-order valence-corrected chi connectivity index (χ4v) is 0.289. The smallest absolute Gasteiger partial charge is 0.0791 e. The van der Waals surface area contributed by atoms with Crippen LogP contribution in [-0.2, 0) is 0 Å². The lowest BCUT2D eigenvalue weighted by Gasteiger charge is -1.68. The molecule has 0 bridgehead atoms. The summed E-state index contributed by atoms with van der Waals surface area (Å²) in [6.07, 6.45) is 9.95. The number of hydrogen-bond donors (Lipinski definition) is 1. The van der Waals surface area contributed by atoms with E-state index >= 15 is 0 Å². The molecule has 0 spiro atoms. The van der Waals surface area contributed by atoms with Gasteiger partial charge in [-0.2, -0.15) is 0 Å². The van der Waals surface area contributed by atoms with Gasteiger partial charge in [0.1, 0.15) is 0 Å². The summed E-state index contributed by atoms with van der Waals surface area (Å²) in [5.74, 6) is 0. The van der Waals surface area contributed by atoms with Gasteiger partial charge >= 0.3 is 0 Å². The SMILES string of the molecule is CC=CC=CC=CO. The maximum absolute atomic E-state index is 8.11. The minimum atomic E-state index is 1.00. The molecule has 0 aliphatic heterocycles. The first kappa shape index (κ1) is 7.02. The normalized spacial score (nSPS) is 12.6. The van der Waals surface area contributed by atoms with Crippen molar-refractivity contribution in [2.45, 2.75) is 6.92 Å². The molecule has 1 N–H and O–H groups in total. The fourth-order valence-electron chi connectivity index (χ4n) is 0.289. The van der Waals surface area contributed by atoms with Crippen LogP contribution < -0.4 is 0 Å². The number of aliphatic hydroxyl groups is 1. The van der Waals surface area contributed by atoms with Crippen LogP contribution in [0.3, 0.4) is 0 Å².